The number of carbonyl (C=O) groups excluding carboxylic acids is 1. The topological polar surface area (TPSA) is 75.3 Å². The maximum Gasteiger partial charge on any atom is 0.268 e. The highest BCUT2D eigenvalue weighted by atomic mass is 35.5. The molecule has 0 saturated heterocycles. The van der Waals surface area contributed by atoms with Gasteiger partial charge in [-0.1, -0.05) is 41.4 Å². The number of ether oxygens (including phenoxy) is 1. The van der Waals surface area contributed by atoms with Crippen molar-refractivity contribution in [2.75, 3.05) is 7.05 Å². The summed E-state index contributed by atoms with van der Waals surface area (Å²) in [6, 6.07) is 13.9. The lowest BCUT2D eigenvalue weighted by molar-refractivity contribution is 0.0776. The van der Waals surface area contributed by atoms with Gasteiger partial charge in [-0.25, -0.2) is 4.98 Å². The summed E-state index contributed by atoms with van der Waals surface area (Å²) in [4.78, 5) is 33.9. The molecule has 0 saturated carbocycles. The fraction of sp³-hybridized carbons (Fsp3) is 0.136. The summed E-state index contributed by atoms with van der Waals surface area (Å²) >= 11 is 13.5. The molecule has 2 heterocycles. The Morgan fingerprint density at radius 2 is 2.00 bits per heavy atom. The Bertz CT molecular complexity index is 1320. The summed E-state index contributed by atoms with van der Waals surface area (Å²) in [6.45, 7) is 0.338. The van der Waals surface area contributed by atoms with Gasteiger partial charge in [0.05, 0.1) is 17.6 Å². The lowest BCUT2D eigenvalue weighted by Crippen LogP contribution is -2.28. The number of aromatic nitrogens is 2. The number of hydrogen-bond donors (Lipinski definition) is 1. The van der Waals surface area contributed by atoms with Crippen molar-refractivity contribution in [3.63, 3.8) is 0 Å². The molecule has 0 unspecified atom stereocenters. The maximum absolute atomic E-state index is 13.1. The van der Waals surface area contributed by atoms with E-state index in [9.17, 15) is 9.59 Å². The minimum atomic E-state index is -0.258. The Morgan fingerprint density at radius 1 is 1.19 bits per heavy atom. The van der Waals surface area contributed by atoms with Gasteiger partial charge in [-0.05, 0) is 35.7 Å². The van der Waals surface area contributed by atoms with Crippen LogP contribution >= 0.6 is 34.5 Å². The zero-order valence-electron chi connectivity index (χ0n) is 16.4. The summed E-state index contributed by atoms with van der Waals surface area (Å²) in [5, 5.41) is 2.84. The minimum Gasteiger partial charge on any atom is -0.488 e. The minimum absolute atomic E-state index is 0.150. The average Bonchev–Trinajstić information content (AvgIpc) is 3.22. The van der Waals surface area contributed by atoms with Crippen LogP contribution in [0.15, 0.2) is 58.7 Å². The highest BCUT2D eigenvalue weighted by molar-refractivity contribution is 7.17. The summed E-state index contributed by atoms with van der Waals surface area (Å²) in [6.07, 6.45) is 0. The summed E-state index contributed by atoms with van der Waals surface area (Å²) in [5.41, 5.74) is 1.56. The van der Waals surface area contributed by atoms with Crippen LogP contribution in [0.3, 0.4) is 0 Å². The van der Waals surface area contributed by atoms with Crippen molar-refractivity contribution < 1.29 is 9.53 Å². The van der Waals surface area contributed by atoms with E-state index >= 15 is 0 Å². The number of hydrogen-bond acceptors (Lipinski definition) is 5. The van der Waals surface area contributed by atoms with Crippen LogP contribution in [-0.2, 0) is 13.2 Å². The van der Waals surface area contributed by atoms with Crippen molar-refractivity contribution in [3.05, 3.63) is 91.3 Å². The molecule has 158 valence electrons. The van der Waals surface area contributed by atoms with Crippen molar-refractivity contribution in [1.82, 2.24) is 14.9 Å². The Balaban J connectivity index is 1.51. The predicted molar refractivity (Wildman–Crippen MR) is 123 cm³/mol. The van der Waals surface area contributed by atoms with Gasteiger partial charge in [0.15, 0.2) is 0 Å². The smallest absolute Gasteiger partial charge is 0.268 e. The van der Waals surface area contributed by atoms with Gasteiger partial charge in [-0.2, -0.15) is 0 Å². The number of halogens is 2. The van der Waals surface area contributed by atoms with E-state index in [4.69, 9.17) is 27.9 Å². The van der Waals surface area contributed by atoms with Gasteiger partial charge in [-0.15, -0.1) is 11.3 Å². The second-order valence-electron chi connectivity index (χ2n) is 6.83. The molecule has 6 nitrogen and oxygen atoms in total. The normalized spacial score (nSPS) is 10.9. The first-order valence-electron chi connectivity index (χ1n) is 9.30. The molecule has 2 aromatic heterocycles. The molecule has 9 heteroatoms. The van der Waals surface area contributed by atoms with Crippen molar-refractivity contribution in [1.29, 1.82) is 0 Å². The molecule has 0 spiro atoms. The number of nitrogens with one attached hydrogen (secondary N) is 1. The van der Waals surface area contributed by atoms with Gasteiger partial charge in [-0.3, -0.25) is 9.59 Å². The summed E-state index contributed by atoms with van der Waals surface area (Å²) in [5.74, 6) is 0.587. The second-order valence-corrected chi connectivity index (χ2v) is 8.59. The van der Waals surface area contributed by atoms with E-state index in [0.29, 0.717) is 37.4 Å². The van der Waals surface area contributed by atoms with E-state index in [1.54, 1.807) is 55.6 Å². The first-order valence-corrected chi connectivity index (χ1v) is 10.9. The van der Waals surface area contributed by atoms with Gasteiger partial charge in [0, 0.05) is 22.7 Å². The fourth-order valence-corrected chi connectivity index (χ4v) is 4.25. The summed E-state index contributed by atoms with van der Waals surface area (Å²) in [7, 11) is 1.65. The number of para-hydroxylation sites is 1. The molecule has 0 aliphatic rings. The molecule has 0 fully saturated rings. The van der Waals surface area contributed by atoms with Crippen LogP contribution in [0.4, 0.5) is 0 Å². The van der Waals surface area contributed by atoms with Crippen molar-refractivity contribution in [2.24, 2.45) is 0 Å². The number of nitrogens with zero attached hydrogens (tertiary/aromatic N) is 2. The number of thiophene rings is 1. The van der Waals surface area contributed by atoms with Crippen molar-refractivity contribution in [2.45, 2.75) is 13.2 Å². The fourth-order valence-electron chi connectivity index (χ4n) is 3.06. The van der Waals surface area contributed by atoms with E-state index in [1.807, 2.05) is 5.38 Å². The maximum atomic E-state index is 13.1. The van der Waals surface area contributed by atoms with Gasteiger partial charge in [0.2, 0.25) is 0 Å². The first kappa shape index (κ1) is 21.4. The van der Waals surface area contributed by atoms with Gasteiger partial charge < -0.3 is 14.6 Å². The summed E-state index contributed by atoms with van der Waals surface area (Å²) < 4.78 is 6.45. The Hall–Kier alpha value is -2.87. The van der Waals surface area contributed by atoms with Gasteiger partial charge >= 0.3 is 0 Å². The van der Waals surface area contributed by atoms with Crippen LogP contribution in [0.25, 0.3) is 10.2 Å². The lowest BCUT2D eigenvalue weighted by atomic mass is 10.1. The Kier molecular flexibility index (Phi) is 6.27. The number of H-pyrrole nitrogens is 1. The zero-order chi connectivity index (χ0) is 22.0. The van der Waals surface area contributed by atoms with Crippen molar-refractivity contribution >= 4 is 50.7 Å². The number of carbonyl (C=O) groups is 1. The van der Waals surface area contributed by atoms with Crippen molar-refractivity contribution in [3.8, 4) is 5.75 Å². The van der Waals surface area contributed by atoms with Crippen LogP contribution in [-0.4, -0.2) is 27.8 Å². The Morgan fingerprint density at radius 3 is 2.81 bits per heavy atom. The van der Waals surface area contributed by atoms with E-state index in [-0.39, 0.29) is 24.6 Å². The standard InChI is InChI=1S/C22H17Cl2N3O3S/c1-27(11-19-25-17-8-9-31-20(17)21(28)26-19)22(29)15-4-2-3-5-18(15)30-12-13-6-7-14(23)10-16(13)24/h2-10H,11-12H2,1H3,(H,25,26,28). The van der Waals surface area contributed by atoms with Gasteiger partial charge in [0.1, 0.15) is 22.9 Å². The molecule has 0 aliphatic carbocycles. The molecule has 0 atom stereocenters. The third-order valence-corrected chi connectivity index (χ3v) is 6.10. The third kappa shape index (κ3) is 4.74. The first-order chi connectivity index (χ1) is 14.9. The Labute approximate surface area is 192 Å². The van der Waals surface area contributed by atoms with E-state index in [2.05, 4.69) is 9.97 Å². The SMILES string of the molecule is CN(Cc1nc2ccsc2c(=O)[nH]1)C(=O)c1ccccc1OCc1ccc(Cl)cc1Cl. The van der Waals surface area contributed by atoms with E-state index in [1.165, 1.54) is 16.2 Å². The molecular formula is C22H17Cl2N3O3S. The third-order valence-electron chi connectivity index (χ3n) is 4.61. The van der Waals surface area contributed by atoms with Gasteiger partial charge in [0.25, 0.3) is 11.5 Å². The van der Waals surface area contributed by atoms with Crippen LogP contribution < -0.4 is 10.3 Å². The number of benzene rings is 2. The molecule has 0 radical (unpaired) electrons. The molecule has 0 bridgehead atoms. The van der Waals surface area contributed by atoms with E-state index in [0.717, 1.165) is 5.56 Å². The monoisotopic (exact) mass is 473 g/mol. The molecule has 2 aromatic carbocycles. The molecule has 31 heavy (non-hydrogen) atoms. The predicted octanol–water partition coefficient (Wildman–Crippen LogP) is 5.14. The van der Waals surface area contributed by atoms with Crippen LogP contribution in [0.5, 0.6) is 5.75 Å². The highest BCUT2D eigenvalue weighted by Gasteiger charge is 2.18. The number of rotatable bonds is 6. The number of fused-ring (bicyclic) bond motifs is 1. The highest BCUT2D eigenvalue weighted by Crippen LogP contribution is 2.25. The largest absolute Gasteiger partial charge is 0.488 e. The second kappa shape index (κ2) is 9.09. The number of aromatic amines is 1. The molecule has 0 aliphatic heterocycles. The van der Waals surface area contributed by atoms with Crippen LogP contribution in [0, 0.1) is 0 Å². The lowest BCUT2D eigenvalue weighted by Gasteiger charge is -2.19. The molecule has 4 aromatic rings. The molecule has 4 rings (SSSR count). The van der Waals surface area contributed by atoms with Crippen LogP contribution in [0.1, 0.15) is 21.7 Å². The zero-order valence-corrected chi connectivity index (χ0v) is 18.7. The van der Waals surface area contributed by atoms with Crippen LogP contribution in [0.2, 0.25) is 10.0 Å². The number of amides is 1. The van der Waals surface area contributed by atoms with E-state index < -0.39 is 0 Å². The quantitative estimate of drug-likeness (QED) is 0.420. The molecule has 1 N–H and O–H groups in total. The molecule has 1 amide bonds. The average molecular weight is 474 g/mol. The molecular weight excluding hydrogens is 457 g/mol.